The highest BCUT2D eigenvalue weighted by molar-refractivity contribution is 7.12. The minimum absolute atomic E-state index is 0.0110. The molecule has 0 bridgehead atoms. The molecule has 1 aromatic heterocycles. The Balaban J connectivity index is 1.74. The van der Waals surface area contributed by atoms with Crippen molar-refractivity contribution in [2.75, 3.05) is 33.2 Å². The molecule has 8 nitrogen and oxygen atoms in total. The highest BCUT2D eigenvalue weighted by Crippen LogP contribution is 2.34. The van der Waals surface area contributed by atoms with E-state index in [4.69, 9.17) is 14.2 Å². The number of nitrogens with zero attached hydrogens (tertiary/aromatic N) is 1. The van der Waals surface area contributed by atoms with Crippen molar-refractivity contribution < 1.29 is 33.0 Å². The second-order valence-electron chi connectivity index (χ2n) is 7.14. The quantitative estimate of drug-likeness (QED) is 0.460. The number of likely N-dealkylation sites (N-methyl/N-ethyl adjacent to an activating group) is 1. The number of esters is 1. The van der Waals surface area contributed by atoms with Crippen molar-refractivity contribution in [2.45, 2.75) is 6.54 Å². The lowest BCUT2D eigenvalue weighted by Crippen LogP contribution is -2.31. The van der Waals surface area contributed by atoms with Gasteiger partial charge in [-0.2, -0.15) is 0 Å². The molecule has 10 heteroatoms. The molecular weight excluding hydrogens is 463 g/mol. The molecule has 0 unspecified atom stereocenters. The molecule has 3 aromatic rings. The van der Waals surface area contributed by atoms with E-state index in [1.807, 2.05) is 0 Å². The molecule has 0 aliphatic heterocycles. The van der Waals surface area contributed by atoms with Crippen LogP contribution in [0.5, 0.6) is 11.5 Å². The van der Waals surface area contributed by atoms with Crippen LogP contribution in [0, 0.1) is 5.82 Å². The average molecular weight is 487 g/mol. The molecule has 2 amide bonds. The van der Waals surface area contributed by atoms with Crippen molar-refractivity contribution in [3.8, 4) is 11.5 Å². The summed E-state index contributed by atoms with van der Waals surface area (Å²) in [5, 5.41) is 4.43. The lowest BCUT2D eigenvalue weighted by molar-refractivity contribution is -0.133. The van der Waals surface area contributed by atoms with Gasteiger partial charge in [-0.3, -0.25) is 9.59 Å². The second-order valence-corrected chi connectivity index (χ2v) is 8.09. The molecule has 0 saturated carbocycles. The van der Waals surface area contributed by atoms with E-state index in [-0.39, 0.29) is 23.5 Å². The zero-order valence-electron chi connectivity index (χ0n) is 18.8. The van der Waals surface area contributed by atoms with Gasteiger partial charge in [0.05, 0.1) is 30.3 Å². The standard InChI is InChI=1S/C24H23FN2O6S/c1-27(13-15-6-4-7-16(25)10-15)22(28)14-33-24(30)17-11-19(31-2)20(32-3)12-18(17)26-23(29)21-8-5-9-34-21/h4-12H,13-14H2,1-3H3,(H,26,29). The number of nitrogens with one attached hydrogen (secondary N) is 1. The number of rotatable bonds is 9. The Hall–Kier alpha value is -3.92. The van der Waals surface area contributed by atoms with Gasteiger partial charge in [-0.15, -0.1) is 11.3 Å². The largest absolute Gasteiger partial charge is 0.493 e. The first-order valence-corrected chi connectivity index (χ1v) is 11.0. The van der Waals surface area contributed by atoms with Crippen molar-refractivity contribution in [2.24, 2.45) is 0 Å². The van der Waals surface area contributed by atoms with E-state index in [1.165, 1.54) is 61.8 Å². The maximum absolute atomic E-state index is 13.4. The van der Waals surface area contributed by atoms with Crippen LogP contribution in [-0.4, -0.2) is 50.6 Å². The van der Waals surface area contributed by atoms with E-state index < -0.39 is 30.2 Å². The molecule has 0 aliphatic rings. The summed E-state index contributed by atoms with van der Waals surface area (Å²) in [5.74, 6) is -1.60. The topological polar surface area (TPSA) is 94.2 Å². The van der Waals surface area contributed by atoms with Crippen LogP contribution in [0.25, 0.3) is 0 Å². The molecule has 0 atom stereocenters. The first kappa shape index (κ1) is 24.7. The van der Waals surface area contributed by atoms with Gasteiger partial charge in [-0.25, -0.2) is 9.18 Å². The third-order valence-electron chi connectivity index (χ3n) is 4.80. The number of amides is 2. The molecule has 2 aromatic carbocycles. The Morgan fingerprint density at radius 2 is 1.76 bits per heavy atom. The fourth-order valence-electron chi connectivity index (χ4n) is 3.06. The van der Waals surface area contributed by atoms with Crippen LogP contribution in [0.15, 0.2) is 53.9 Å². The number of carbonyl (C=O) groups excluding carboxylic acids is 3. The van der Waals surface area contributed by atoms with E-state index in [9.17, 15) is 18.8 Å². The van der Waals surface area contributed by atoms with Crippen LogP contribution in [0.4, 0.5) is 10.1 Å². The third kappa shape index (κ3) is 6.10. The molecule has 0 spiro atoms. The maximum Gasteiger partial charge on any atom is 0.340 e. The maximum atomic E-state index is 13.4. The van der Waals surface area contributed by atoms with E-state index in [2.05, 4.69) is 5.32 Å². The summed E-state index contributed by atoms with van der Waals surface area (Å²) in [6, 6.07) is 12.1. The monoisotopic (exact) mass is 486 g/mol. The summed E-state index contributed by atoms with van der Waals surface area (Å²) in [6.45, 7) is -0.399. The van der Waals surface area contributed by atoms with Crippen LogP contribution >= 0.6 is 11.3 Å². The van der Waals surface area contributed by atoms with Gasteiger partial charge in [-0.05, 0) is 29.1 Å². The van der Waals surface area contributed by atoms with Crippen LogP contribution in [-0.2, 0) is 16.1 Å². The predicted molar refractivity (Wildman–Crippen MR) is 125 cm³/mol. The van der Waals surface area contributed by atoms with E-state index >= 15 is 0 Å². The lowest BCUT2D eigenvalue weighted by Gasteiger charge is -2.18. The average Bonchev–Trinajstić information content (AvgIpc) is 3.37. The number of carbonyl (C=O) groups is 3. The van der Waals surface area contributed by atoms with Gasteiger partial charge in [0.2, 0.25) is 0 Å². The van der Waals surface area contributed by atoms with E-state index in [0.29, 0.717) is 16.2 Å². The van der Waals surface area contributed by atoms with Crippen molar-refractivity contribution >= 4 is 34.8 Å². The van der Waals surface area contributed by atoms with Crippen molar-refractivity contribution in [3.05, 3.63) is 75.7 Å². The molecular formula is C24H23FN2O6S. The van der Waals surface area contributed by atoms with Gasteiger partial charge in [-0.1, -0.05) is 18.2 Å². The lowest BCUT2D eigenvalue weighted by atomic mass is 10.1. The molecule has 0 radical (unpaired) electrons. The Kier molecular flexibility index (Phi) is 8.20. The number of halogens is 1. The van der Waals surface area contributed by atoms with Crippen LogP contribution in [0.3, 0.4) is 0 Å². The second kappa shape index (κ2) is 11.3. The molecule has 178 valence electrons. The fraction of sp³-hybridized carbons (Fsp3) is 0.208. The predicted octanol–water partition coefficient (Wildman–Crippen LogP) is 3.97. The molecule has 0 saturated heterocycles. The van der Waals surface area contributed by atoms with Gasteiger partial charge >= 0.3 is 5.97 Å². The number of thiophene rings is 1. The first-order valence-electron chi connectivity index (χ1n) is 10.1. The van der Waals surface area contributed by atoms with Crippen molar-refractivity contribution in [3.63, 3.8) is 0 Å². The van der Waals surface area contributed by atoms with Crippen LogP contribution in [0.2, 0.25) is 0 Å². The van der Waals surface area contributed by atoms with Crippen molar-refractivity contribution in [1.82, 2.24) is 4.90 Å². The highest BCUT2D eigenvalue weighted by Gasteiger charge is 2.22. The Morgan fingerprint density at radius 3 is 2.41 bits per heavy atom. The Bertz CT molecular complexity index is 1180. The number of methoxy groups -OCH3 is 2. The summed E-state index contributed by atoms with van der Waals surface area (Å²) in [5.41, 5.74) is 0.727. The van der Waals surface area contributed by atoms with Crippen LogP contribution < -0.4 is 14.8 Å². The van der Waals surface area contributed by atoms with Crippen LogP contribution in [0.1, 0.15) is 25.6 Å². The van der Waals surface area contributed by atoms with E-state index in [1.54, 1.807) is 29.6 Å². The minimum atomic E-state index is -0.838. The summed E-state index contributed by atoms with van der Waals surface area (Å²) in [6.07, 6.45) is 0. The summed E-state index contributed by atoms with van der Waals surface area (Å²) in [4.78, 5) is 39.6. The molecule has 0 aliphatic carbocycles. The normalized spacial score (nSPS) is 10.4. The smallest absolute Gasteiger partial charge is 0.340 e. The summed E-state index contributed by atoms with van der Waals surface area (Å²) >= 11 is 1.24. The van der Waals surface area contributed by atoms with Gasteiger partial charge in [0.15, 0.2) is 18.1 Å². The zero-order chi connectivity index (χ0) is 24.7. The first-order chi connectivity index (χ1) is 16.3. The van der Waals surface area contributed by atoms with Gasteiger partial charge in [0.25, 0.3) is 11.8 Å². The third-order valence-corrected chi connectivity index (χ3v) is 5.67. The molecule has 3 rings (SSSR count). The molecule has 0 fully saturated rings. The number of hydrogen-bond acceptors (Lipinski definition) is 7. The summed E-state index contributed by atoms with van der Waals surface area (Å²) in [7, 11) is 4.35. The molecule has 1 N–H and O–H groups in total. The SMILES string of the molecule is COc1cc(NC(=O)c2cccs2)c(C(=O)OCC(=O)N(C)Cc2cccc(F)c2)cc1OC. The van der Waals surface area contributed by atoms with Gasteiger partial charge in [0, 0.05) is 25.7 Å². The zero-order valence-corrected chi connectivity index (χ0v) is 19.6. The Morgan fingerprint density at radius 1 is 1.03 bits per heavy atom. The number of ether oxygens (including phenoxy) is 3. The minimum Gasteiger partial charge on any atom is -0.493 e. The van der Waals surface area contributed by atoms with Gasteiger partial charge in [0.1, 0.15) is 5.82 Å². The number of anilines is 1. The fourth-order valence-corrected chi connectivity index (χ4v) is 3.67. The number of benzene rings is 2. The molecule has 34 heavy (non-hydrogen) atoms. The summed E-state index contributed by atoms with van der Waals surface area (Å²) < 4.78 is 29.1. The van der Waals surface area contributed by atoms with Crippen molar-refractivity contribution in [1.29, 1.82) is 0 Å². The Labute approximate surface area is 199 Å². The highest BCUT2D eigenvalue weighted by atomic mass is 32.1. The van der Waals surface area contributed by atoms with Gasteiger partial charge < -0.3 is 24.4 Å². The number of hydrogen-bond donors (Lipinski definition) is 1. The van der Waals surface area contributed by atoms with E-state index in [0.717, 1.165) is 0 Å². The molecule has 1 heterocycles.